The van der Waals surface area contributed by atoms with Gasteiger partial charge in [0.05, 0.1) is 23.1 Å². The predicted octanol–water partition coefficient (Wildman–Crippen LogP) is 3.43. The predicted molar refractivity (Wildman–Crippen MR) is 79.8 cm³/mol. The van der Waals surface area contributed by atoms with E-state index in [9.17, 15) is 0 Å². The SMILES string of the molecule is CN(CC1CC1)c1c(N)cnc2ccc(Br)cc12. The third-order valence-electron chi connectivity index (χ3n) is 3.44. The van der Waals surface area contributed by atoms with Crippen LogP contribution in [0.2, 0.25) is 0 Å². The van der Waals surface area contributed by atoms with E-state index in [1.54, 1.807) is 6.20 Å². The summed E-state index contributed by atoms with van der Waals surface area (Å²) in [6.45, 7) is 1.08. The van der Waals surface area contributed by atoms with E-state index < -0.39 is 0 Å². The van der Waals surface area contributed by atoms with Gasteiger partial charge in [-0.2, -0.15) is 0 Å². The van der Waals surface area contributed by atoms with Gasteiger partial charge in [-0.15, -0.1) is 0 Å². The number of anilines is 2. The van der Waals surface area contributed by atoms with E-state index in [4.69, 9.17) is 5.73 Å². The lowest BCUT2D eigenvalue weighted by atomic mass is 10.1. The molecule has 1 aliphatic rings. The number of nitrogens with zero attached hydrogens (tertiary/aromatic N) is 2. The van der Waals surface area contributed by atoms with Crippen molar-refractivity contribution in [1.82, 2.24) is 4.98 Å². The van der Waals surface area contributed by atoms with Crippen LogP contribution >= 0.6 is 15.9 Å². The first-order valence-corrected chi connectivity index (χ1v) is 6.99. The molecule has 0 saturated heterocycles. The summed E-state index contributed by atoms with van der Waals surface area (Å²) in [5, 5.41) is 1.12. The molecule has 4 heteroatoms. The Balaban J connectivity index is 2.11. The number of aromatic nitrogens is 1. The van der Waals surface area contributed by atoms with Crippen LogP contribution in [0.25, 0.3) is 10.9 Å². The van der Waals surface area contributed by atoms with Gasteiger partial charge in [-0.25, -0.2) is 0 Å². The molecule has 0 amide bonds. The molecule has 1 aromatic heterocycles. The number of nitrogens with two attached hydrogens (primary N) is 1. The van der Waals surface area contributed by atoms with Gasteiger partial charge in [0.1, 0.15) is 0 Å². The monoisotopic (exact) mass is 305 g/mol. The summed E-state index contributed by atoms with van der Waals surface area (Å²) in [5.74, 6) is 0.838. The average molecular weight is 306 g/mol. The molecule has 3 nitrogen and oxygen atoms in total. The molecular formula is C14H16BrN3. The van der Waals surface area contributed by atoms with E-state index in [0.717, 1.165) is 39.2 Å². The highest BCUT2D eigenvalue weighted by atomic mass is 79.9. The third-order valence-corrected chi connectivity index (χ3v) is 3.93. The zero-order chi connectivity index (χ0) is 12.7. The Kier molecular flexibility index (Phi) is 2.90. The van der Waals surface area contributed by atoms with Gasteiger partial charge in [-0.1, -0.05) is 15.9 Å². The fraction of sp³-hybridized carbons (Fsp3) is 0.357. The van der Waals surface area contributed by atoms with Crippen molar-refractivity contribution in [2.45, 2.75) is 12.8 Å². The number of pyridine rings is 1. The molecule has 0 bridgehead atoms. The Hall–Kier alpha value is -1.29. The van der Waals surface area contributed by atoms with Crippen molar-refractivity contribution < 1.29 is 0 Å². The van der Waals surface area contributed by atoms with Crippen molar-refractivity contribution in [1.29, 1.82) is 0 Å². The zero-order valence-corrected chi connectivity index (χ0v) is 11.9. The first-order valence-electron chi connectivity index (χ1n) is 6.20. The minimum Gasteiger partial charge on any atom is -0.396 e. The minimum atomic E-state index is 0.753. The number of hydrogen-bond acceptors (Lipinski definition) is 3. The third kappa shape index (κ3) is 2.17. The van der Waals surface area contributed by atoms with Crippen LogP contribution in [0.15, 0.2) is 28.9 Å². The van der Waals surface area contributed by atoms with Crippen molar-refractivity contribution in [2.24, 2.45) is 5.92 Å². The van der Waals surface area contributed by atoms with E-state index in [0.29, 0.717) is 0 Å². The summed E-state index contributed by atoms with van der Waals surface area (Å²) in [5.41, 5.74) is 8.96. The van der Waals surface area contributed by atoms with Gasteiger partial charge in [-0.3, -0.25) is 4.98 Å². The molecule has 1 saturated carbocycles. The maximum Gasteiger partial charge on any atom is 0.0745 e. The summed E-state index contributed by atoms with van der Waals surface area (Å²) in [6, 6.07) is 6.13. The number of nitrogen functional groups attached to an aromatic ring is 1. The minimum absolute atomic E-state index is 0.753. The Morgan fingerprint density at radius 1 is 1.44 bits per heavy atom. The average Bonchev–Trinajstić information content (AvgIpc) is 3.12. The molecule has 0 unspecified atom stereocenters. The van der Waals surface area contributed by atoms with Crippen LogP contribution in [-0.2, 0) is 0 Å². The first kappa shape index (κ1) is 11.8. The van der Waals surface area contributed by atoms with Gasteiger partial charge < -0.3 is 10.6 Å². The Labute approximate surface area is 115 Å². The van der Waals surface area contributed by atoms with Crippen molar-refractivity contribution in [3.63, 3.8) is 0 Å². The smallest absolute Gasteiger partial charge is 0.0745 e. The molecule has 3 rings (SSSR count). The highest BCUT2D eigenvalue weighted by Gasteiger charge is 2.24. The van der Waals surface area contributed by atoms with E-state index in [1.165, 1.54) is 12.8 Å². The van der Waals surface area contributed by atoms with Crippen LogP contribution in [0.5, 0.6) is 0 Å². The molecule has 1 fully saturated rings. The zero-order valence-electron chi connectivity index (χ0n) is 10.4. The first-order chi connectivity index (χ1) is 8.65. The van der Waals surface area contributed by atoms with Gasteiger partial charge in [-0.05, 0) is 37.0 Å². The lowest BCUT2D eigenvalue weighted by Crippen LogP contribution is -2.21. The second-order valence-electron chi connectivity index (χ2n) is 5.05. The standard InChI is InChI=1S/C14H16BrN3/c1-18(8-9-2-3-9)14-11-6-10(15)4-5-13(11)17-7-12(14)16/h4-7,9H,2-3,8,16H2,1H3. The van der Waals surface area contributed by atoms with Crippen LogP contribution in [0, 0.1) is 5.92 Å². The van der Waals surface area contributed by atoms with Gasteiger partial charge in [0, 0.05) is 23.5 Å². The summed E-state index contributed by atoms with van der Waals surface area (Å²) in [7, 11) is 2.12. The van der Waals surface area contributed by atoms with Crippen LogP contribution in [0.1, 0.15) is 12.8 Å². The molecular weight excluding hydrogens is 290 g/mol. The van der Waals surface area contributed by atoms with Crippen molar-refractivity contribution in [3.05, 3.63) is 28.9 Å². The van der Waals surface area contributed by atoms with Gasteiger partial charge in [0.25, 0.3) is 0 Å². The lowest BCUT2D eigenvalue weighted by Gasteiger charge is -2.22. The van der Waals surface area contributed by atoms with Crippen molar-refractivity contribution in [2.75, 3.05) is 24.2 Å². The molecule has 1 aliphatic carbocycles. The Morgan fingerprint density at radius 2 is 2.22 bits per heavy atom. The van der Waals surface area contributed by atoms with Crippen molar-refractivity contribution >= 4 is 38.2 Å². The normalized spacial score (nSPS) is 15.0. The molecule has 18 heavy (non-hydrogen) atoms. The number of hydrogen-bond donors (Lipinski definition) is 1. The molecule has 0 aliphatic heterocycles. The fourth-order valence-electron chi connectivity index (χ4n) is 2.37. The maximum absolute atomic E-state index is 6.11. The van der Waals surface area contributed by atoms with Gasteiger partial charge in [0.2, 0.25) is 0 Å². The second kappa shape index (κ2) is 4.43. The van der Waals surface area contributed by atoms with E-state index in [1.807, 2.05) is 12.1 Å². The van der Waals surface area contributed by atoms with E-state index in [2.05, 4.69) is 38.9 Å². The van der Waals surface area contributed by atoms with Crippen LogP contribution < -0.4 is 10.6 Å². The molecule has 0 spiro atoms. The molecule has 1 aromatic carbocycles. The summed E-state index contributed by atoms with van der Waals surface area (Å²) >= 11 is 3.52. The topological polar surface area (TPSA) is 42.1 Å². The quantitative estimate of drug-likeness (QED) is 0.944. The number of benzene rings is 1. The molecule has 0 atom stereocenters. The molecule has 0 radical (unpaired) electrons. The van der Waals surface area contributed by atoms with E-state index in [-0.39, 0.29) is 0 Å². The van der Waals surface area contributed by atoms with E-state index >= 15 is 0 Å². The number of fused-ring (bicyclic) bond motifs is 1. The fourth-order valence-corrected chi connectivity index (χ4v) is 2.73. The summed E-state index contributed by atoms with van der Waals surface area (Å²) < 4.78 is 1.06. The molecule has 1 heterocycles. The number of rotatable bonds is 3. The Morgan fingerprint density at radius 3 is 2.94 bits per heavy atom. The van der Waals surface area contributed by atoms with Crippen LogP contribution in [0.4, 0.5) is 11.4 Å². The van der Waals surface area contributed by atoms with Crippen LogP contribution in [0.3, 0.4) is 0 Å². The number of halogens is 1. The van der Waals surface area contributed by atoms with Gasteiger partial charge in [0.15, 0.2) is 0 Å². The second-order valence-corrected chi connectivity index (χ2v) is 5.96. The highest BCUT2D eigenvalue weighted by Crippen LogP contribution is 2.36. The van der Waals surface area contributed by atoms with Crippen LogP contribution in [-0.4, -0.2) is 18.6 Å². The molecule has 94 valence electrons. The van der Waals surface area contributed by atoms with Gasteiger partial charge >= 0.3 is 0 Å². The maximum atomic E-state index is 6.11. The highest BCUT2D eigenvalue weighted by molar-refractivity contribution is 9.10. The molecule has 2 N–H and O–H groups in total. The molecule has 2 aromatic rings. The largest absolute Gasteiger partial charge is 0.396 e. The summed E-state index contributed by atoms with van der Waals surface area (Å²) in [6.07, 6.45) is 4.45. The van der Waals surface area contributed by atoms with Crippen molar-refractivity contribution in [3.8, 4) is 0 Å². The lowest BCUT2D eigenvalue weighted by molar-refractivity contribution is 0.790. The summed E-state index contributed by atoms with van der Waals surface area (Å²) in [4.78, 5) is 6.65. The Bertz CT molecular complexity index is 588.